The molecule has 128 valence electrons. The molecule has 7 heteroatoms. The molecule has 0 aliphatic carbocycles. The van der Waals surface area contributed by atoms with E-state index >= 15 is 0 Å². The van der Waals surface area contributed by atoms with Crippen molar-refractivity contribution in [1.29, 1.82) is 0 Å². The highest BCUT2D eigenvalue weighted by atomic mass is 19.1. The summed E-state index contributed by atoms with van der Waals surface area (Å²) in [5, 5.41) is 5.10. The Morgan fingerprint density at radius 2 is 2.04 bits per heavy atom. The summed E-state index contributed by atoms with van der Waals surface area (Å²) in [6, 6.07) is 9.59. The lowest BCUT2D eigenvalue weighted by atomic mass is 10.1. The van der Waals surface area contributed by atoms with E-state index in [1.165, 1.54) is 19.1 Å². The lowest BCUT2D eigenvalue weighted by Crippen LogP contribution is -2.23. The Hall–Kier alpha value is -3.22. The molecule has 25 heavy (non-hydrogen) atoms. The van der Waals surface area contributed by atoms with Gasteiger partial charge in [-0.15, -0.1) is 0 Å². The number of imidazole rings is 1. The molecule has 2 heterocycles. The number of rotatable bonds is 4. The predicted octanol–water partition coefficient (Wildman–Crippen LogP) is 2.67. The molecule has 0 bridgehead atoms. The van der Waals surface area contributed by atoms with E-state index in [2.05, 4.69) is 15.6 Å². The average Bonchev–Trinajstić information content (AvgIpc) is 2.99. The third-order valence-corrected chi connectivity index (χ3v) is 3.72. The van der Waals surface area contributed by atoms with Crippen molar-refractivity contribution in [2.75, 3.05) is 5.32 Å². The molecule has 0 fully saturated rings. The zero-order valence-corrected chi connectivity index (χ0v) is 13.8. The highest BCUT2D eigenvalue weighted by Crippen LogP contribution is 2.16. The van der Waals surface area contributed by atoms with Crippen molar-refractivity contribution in [3.8, 4) is 0 Å². The maximum atomic E-state index is 13.6. The average molecular weight is 340 g/mol. The van der Waals surface area contributed by atoms with Crippen LogP contribution in [0.25, 0.3) is 5.65 Å². The molecule has 0 unspecified atom stereocenters. The summed E-state index contributed by atoms with van der Waals surface area (Å²) in [5.74, 6) is -1.38. The monoisotopic (exact) mass is 340 g/mol. The fourth-order valence-corrected chi connectivity index (χ4v) is 2.51. The first kappa shape index (κ1) is 16.6. The molecule has 0 aliphatic rings. The Bertz CT molecular complexity index is 965. The number of hydrogen-bond acceptors (Lipinski definition) is 3. The van der Waals surface area contributed by atoms with Crippen molar-refractivity contribution in [1.82, 2.24) is 14.7 Å². The van der Waals surface area contributed by atoms with Gasteiger partial charge in [0.2, 0.25) is 5.91 Å². The zero-order valence-electron chi connectivity index (χ0n) is 13.8. The molecule has 0 atom stereocenters. The number of amides is 2. The molecule has 0 aliphatic heterocycles. The van der Waals surface area contributed by atoms with Crippen LogP contribution in [-0.4, -0.2) is 21.2 Å². The van der Waals surface area contributed by atoms with Crippen molar-refractivity contribution in [3.05, 3.63) is 65.4 Å². The fraction of sp³-hybridized carbons (Fsp3) is 0.167. The fourth-order valence-electron chi connectivity index (χ4n) is 2.51. The molecular formula is C18H17FN4O2. The predicted molar refractivity (Wildman–Crippen MR) is 91.8 cm³/mol. The first-order chi connectivity index (χ1) is 11.9. The number of pyridine rings is 1. The molecule has 2 amide bonds. The molecule has 2 N–H and O–H groups in total. The van der Waals surface area contributed by atoms with Gasteiger partial charge in [-0.05, 0) is 37.3 Å². The van der Waals surface area contributed by atoms with Crippen LogP contribution < -0.4 is 10.6 Å². The Morgan fingerprint density at radius 1 is 1.24 bits per heavy atom. The minimum atomic E-state index is -0.595. The van der Waals surface area contributed by atoms with Gasteiger partial charge in [0.25, 0.3) is 5.91 Å². The van der Waals surface area contributed by atoms with E-state index in [9.17, 15) is 14.0 Å². The van der Waals surface area contributed by atoms with Gasteiger partial charge in [-0.3, -0.25) is 9.59 Å². The summed E-state index contributed by atoms with van der Waals surface area (Å²) in [6.07, 6.45) is 1.86. The lowest BCUT2D eigenvalue weighted by molar-refractivity contribution is -0.114. The van der Waals surface area contributed by atoms with Gasteiger partial charge in [0.1, 0.15) is 11.5 Å². The van der Waals surface area contributed by atoms with Gasteiger partial charge in [0.15, 0.2) is 0 Å². The van der Waals surface area contributed by atoms with E-state index < -0.39 is 11.7 Å². The van der Waals surface area contributed by atoms with Crippen LogP contribution in [0.4, 0.5) is 10.1 Å². The number of hydrogen-bond donors (Lipinski definition) is 2. The molecule has 0 saturated carbocycles. The van der Waals surface area contributed by atoms with E-state index in [1.807, 2.05) is 35.7 Å². The van der Waals surface area contributed by atoms with Gasteiger partial charge in [-0.25, -0.2) is 9.37 Å². The second-order valence-corrected chi connectivity index (χ2v) is 5.69. The van der Waals surface area contributed by atoms with Gasteiger partial charge in [0.05, 0.1) is 17.9 Å². The third kappa shape index (κ3) is 3.65. The zero-order chi connectivity index (χ0) is 18.0. The summed E-state index contributed by atoms with van der Waals surface area (Å²) in [6.45, 7) is 3.49. The number of nitrogens with zero attached hydrogens (tertiary/aromatic N) is 2. The summed E-state index contributed by atoms with van der Waals surface area (Å²) < 4.78 is 15.6. The Kier molecular flexibility index (Phi) is 4.47. The number of fused-ring (bicyclic) bond motifs is 1. The highest BCUT2D eigenvalue weighted by Gasteiger charge is 2.11. The quantitative estimate of drug-likeness (QED) is 0.767. The summed E-state index contributed by atoms with van der Waals surface area (Å²) in [5.41, 5.74) is 2.79. The van der Waals surface area contributed by atoms with Crippen LogP contribution >= 0.6 is 0 Å². The Morgan fingerprint density at radius 3 is 2.76 bits per heavy atom. The van der Waals surface area contributed by atoms with Crippen LogP contribution in [0.1, 0.15) is 28.7 Å². The van der Waals surface area contributed by atoms with Crippen molar-refractivity contribution < 1.29 is 14.0 Å². The van der Waals surface area contributed by atoms with Gasteiger partial charge in [-0.2, -0.15) is 0 Å². The van der Waals surface area contributed by atoms with E-state index in [4.69, 9.17) is 0 Å². The van der Waals surface area contributed by atoms with Gasteiger partial charge < -0.3 is 15.0 Å². The Labute approximate surface area is 143 Å². The molecule has 3 rings (SSSR count). The largest absolute Gasteiger partial charge is 0.346 e. The molecular weight excluding hydrogens is 323 g/mol. The van der Waals surface area contributed by atoms with Gasteiger partial charge in [0, 0.05) is 24.4 Å². The standard InChI is InChI=1S/C18H17FN4O2/c1-11-4-3-5-17-22-14(10-23(11)17)9-20-18(25)13-6-7-15(19)16(8-13)21-12(2)24/h3-8,10H,9H2,1-2H3,(H,20,25)(H,21,24). The van der Waals surface area contributed by atoms with Crippen molar-refractivity contribution in [2.24, 2.45) is 0 Å². The van der Waals surface area contributed by atoms with Crippen LogP contribution in [0.3, 0.4) is 0 Å². The number of nitrogens with one attached hydrogen (secondary N) is 2. The molecule has 0 saturated heterocycles. The molecule has 3 aromatic rings. The normalized spacial score (nSPS) is 10.7. The second kappa shape index (κ2) is 6.72. The smallest absolute Gasteiger partial charge is 0.251 e. The van der Waals surface area contributed by atoms with Crippen LogP contribution in [0, 0.1) is 12.7 Å². The van der Waals surface area contributed by atoms with Crippen LogP contribution in [0.5, 0.6) is 0 Å². The SMILES string of the molecule is CC(=O)Nc1cc(C(=O)NCc2cn3c(C)cccc3n2)ccc1F. The summed E-state index contributed by atoms with van der Waals surface area (Å²) in [7, 11) is 0. The number of aryl methyl sites for hydroxylation is 1. The van der Waals surface area contributed by atoms with Crippen LogP contribution in [0.15, 0.2) is 42.6 Å². The lowest BCUT2D eigenvalue weighted by Gasteiger charge is -2.07. The number of halogens is 1. The van der Waals surface area contributed by atoms with Gasteiger partial charge in [-0.1, -0.05) is 6.07 Å². The minimum absolute atomic E-state index is 0.0245. The number of anilines is 1. The maximum absolute atomic E-state index is 13.6. The highest BCUT2D eigenvalue weighted by molar-refractivity contribution is 5.96. The third-order valence-electron chi connectivity index (χ3n) is 3.72. The first-order valence-corrected chi connectivity index (χ1v) is 7.73. The summed E-state index contributed by atoms with van der Waals surface area (Å²) in [4.78, 5) is 27.8. The van der Waals surface area contributed by atoms with Crippen LogP contribution in [0.2, 0.25) is 0 Å². The molecule has 6 nitrogen and oxygen atoms in total. The molecule has 1 aromatic carbocycles. The number of aromatic nitrogens is 2. The van der Waals surface area contributed by atoms with E-state index in [0.717, 1.165) is 17.4 Å². The second-order valence-electron chi connectivity index (χ2n) is 5.69. The Balaban J connectivity index is 1.73. The topological polar surface area (TPSA) is 75.5 Å². The van der Waals surface area contributed by atoms with Crippen molar-refractivity contribution >= 4 is 23.1 Å². The molecule has 2 aromatic heterocycles. The number of benzene rings is 1. The number of carbonyl (C=O) groups excluding carboxylic acids is 2. The van der Waals surface area contributed by atoms with E-state index in [-0.39, 0.29) is 23.7 Å². The maximum Gasteiger partial charge on any atom is 0.251 e. The van der Waals surface area contributed by atoms with E-state index in [0.29, 0.717) is 5.69 Å². The van der Waals surface area contributed by atoms with Crippen LogP contribution in [-0.2, 0) is 11.3 Å². The number of carbonyl (C=O) groups is 2. The molecule has 0 spiro atoms. The minimum Gasteiger partial charge on any atom is -0.346 e. The summed E-state index contributed by atoms with van der Waals surface area (Å²) >= 11 is 0. The first-order valence-electron chi connectivity index (χ1n) is 7.73. The van der Waals surface area contributed by atoms with Gasteiger partial charge >= 0.3 is 0 Å². The molecule has 0 radical (unpaired) electrons. The van der Waals surface area contributed by atoms with E-state index in [1.54, 1.807) is 0 Å². The van der Waals surface area contributed by atoms with Crippen molar-refractivity contribution in [2.45, 2.75) is 20.4 Å². The van der Waals surface area contributed by atoms with Crippen molar-refractivity contribution in [3.63, 3.8) is 0 Å².